The summed E-state index contributed by atoms with van der Waals surface area (Å²) in [5.41, 5.74) is 1.89. The Hall–Kier alpha value is -3.57. The number of hydrogen-bond donors (Lipinski definition) is 3. The molecule has 4 rings (SSSR count). The summed E-state index contributed by atoms with van der Waals surface area (Å²) in [7, 11) is 0. The maximum absolute atomic E-state index is 12.5. The number of pyridine rings is 2. The second-order valence-electron chi connectivity index (χ2n) is 7.57. The zero-order chi connectivity index (χ0) is 23.2. The van der Waals surface area contributed by atoms with Crippen molar-refractivity contribution >= 4 is 39.9 Å². The summed E-state index contributed by atoms with van der Waals surface area (Å²) in [6.45, 7) is 3.23. The second kappa shape index (κ2) is 10.4. The van der Waals surface area contributed by atoms with E-state index < -0.39 is 0 Å². The van der Waals surface area contributed by atoms with Gasteiger partial charge in [0.05, 0.1) is 30.3 Å². The zero-order valence-electron chi connectivity index (χ0n) is 18.2. The van der Waals surface area contributed by atoms with E-state index in [1.807, 2.05) is 42.2 Å². The van der Waals surface area contributed by atoms with Gasteiger partial charge in [-0.1, -0.05) is 17.4 Å². The van der Waals surface area contributed by atoms with Crippen LogP contribution >= 0.6 is 11.3 Å². The number of aliphatic hydroxyl groups is 1. The second-order valence-corrected chi connectivity index (χ2v) is 8.58. The van der Waals surface area contributed by atoms with Crippen LogP contribution in [0, 0.1) is 6.92 Å². The highest BCUT2D eigenvalue weighted by Gasteiger charge is 2.27. The highest BCUT2D eigenvalue weighted by atomic mass is 32.1. The lowest BCUT2D eigenvalue weighted by Gasteiger charge is -2.33. The molecule has 4 heterocycles. The number of aliphatic hydroxyl groups excluding tert-OH is 1. The third kappa shape index (κ3) is 5.82. The molecule has 1 aliphatic rings. The van der Waals surface area contributed by atoms with Crippen LogP contribution in [0.4, 0.5) is 16.8 Å². The van der Waals surface area contributed by atoms with Crippen LogP contribution in [0.5, 0.6) is 0 Å². The fourth-order valence-electron chi connectivity index (χ4n) is 3.37. The van der Waals surface area contributed by atoms with Crippen molar-refractivity contribution in [2.75, 3.05) is 49.5 Å². The van der Waals surface area contributed by atoms with Gasteiger partial charge >= 0.3 is 0 Å². The fourth-order valence-corrected chi connectivity index (χ4v) is 4.28. The lowest BCUT2D eigenvalue weighted by Crippen LogP contribution is -2.53. The molecule has 0 saturated carbocycles. The van der Waals surface area contributed by atoms with Crippen molar-refractivity contribution in [2.24, 2.45) is 0 Å². The molecule has 3 aromatic heterocycles. The van der Waals surface area contributed by atoms with E-state index in [-0.39, 0.29) is 38.1 Å². The largest absolute Gasteiger partial charge is 0.395 e. The van der Waals surface area contributed by atoms with Crippen molar-refractivity contribution in [2.45, 2.75) is 6.92 Å². The smallest absolute Gasteiger partial charge is 0.242 e. The molecule has 1 fully saturated rings. The summed E-state index contributed by atoms with van der Waals surface area (Å²) < 4.78 is 0. The van der Waals surface area contributed by atoms with Gasteiger partial charge < -0.3 is 25.5 Å². The molecular formula is C22H25N7O3S. The minimum Gasteiger partial charge on any atom is -0.395 e. The molecule has 172 valence electrons. The maximum Gasteiger partial charge on any atom is 0.242 e. The Kier molecular flexibility index (Phi) is 7.10. The van der Waals surface area contributed by atoms with Crippen LogP contribution in [0.2, 0.25) is 0 Å². The minimum atomic E-state index is -0.275. The van der Waals surface area contributed by atoms with Gasteiger partial charge in [-0.2, -0.15) is 0 Å². The van der Waals surface area contributed by atoms with Gasteiger partial charge in [-0.25, -0.2) is 15.0 Å². The SMILES string of the molecule is Cc1ccnc(Nc2cccc(-c3cnc(N4CCN(CC(=O)NCCO)C(=O)C4)s3)n2)c1. The fraction of sp³-hybridized carbons (Fsp3) is 0.318. The van der Waals surface area contributed by atoms with Crippen molar-refractivity contribution in [3.05, 3.63) is 48.3 Å². The maximum atomic E-state index is 12.5. The Balaban J connectivity index is 1.39. The number of piperazine rings is 1. The van der Waals surface area contributed by atoms with Crippen LogP contribution in [0.15, 0.2) is 42.7 Å². The molecule has 0 spiro atoms. The Morgan fingerprint density at radius 3 is 2.88 bits per heavy atom. The first kappa shape index (κ1) is 22.6. The number of amides is 2. The van der Waals surface area contributed by atoms with Crippen LogP contribution in [-0.2, 0) is 9.59 Å². The number of carbonyl (C=O) groups excluding carboxylic acids is 2. The average molecular weight is 468 g/mol. The topological polar surface area (TPSA) is 124 Å². The molecule has 0 radical (unpaired) electrons. The first-order valence-corrected chi connectivity index (χ1v) is 11.4. The molecule has 0 aliphatic carbocycles. The molecular weight excluding hydrogens is 442 g/mol. The summed E-state index contributed by atoms with van der Waals surface area (Å²) in [5.74, 6) is 1.00. The minimum absolute atomic E-state index is 0.00466. The third-order valence-corrected chi connectivity index (χ3v) is 6.10. The van der Waals surface area contributed by atoms with E-state index in [1.54, 1.807) is 12.4 Å². The summed E-state index contributed by atoms with van der Waals surface area (Å²) in [4.78, 5) is 42.1. The molecule has 3 N–H and O–H groups in total. The molecule has 0 unspecified atom stereocenters. The van der Waals surface area contributed by atoms with E-state index in [9.17, 15) is 9.59 Å². The molecule has 0 aromatic carbocycles. The third-order valence-electron chi connectivity index (χ3n) is 5.02. The van der Waals surface area contributed by atoms with Gasteiger partial charge in [0.2, 0.25) is 11.8 Å². The molecule has 10 nitrogen and oxygen atoms in total. The average Bonchev–Trinajstić information content (AvgIpc) is 3.30. The highest BCUT2D eigenvalue weighted by Crippen LogP contribution is 2.31. The molecule has 1 aliphatic heterocycles. The molecule has 1 saturated heterocycles. The Labute approximate surface area is 195 Å². The quantitative estimate of drug-likeness (QED) is 0.454. The lowest BCUT2D eigenvalue weighted by atomic mass is 10.3. The first-order valence-electron chi connectivity index (χ1n) is 10.5. The summed E-state index contributed by atoms with van der Waals surface area (Å²) in [5, 5.41) is 15.3. The van der Waals surface area contributed by atoms with Gasteiger partial charge in [0.1, 0.15) is 11.6 Å². The van der Waals surface area contributed by atoms with Crippen molar-refractivity contribution in [3.63, 3.8) is 0 Å². The summed E-state index contributed by atoms with van der Waals surface area (Å²) in [6.07, 6.45) is 3.51. The molecule has 2 amide bonds. The van der Waals surface area contributed by atoms with Crippen molar-refractivity contribution in [3.8, 4) is 10.6 Å². The van der Waals surface area contributed by atoms with Gasteiger partial charge in [-0.15, -0.1) is 0 Å². The van der Waals surface area contributed by atoms with Crippen LogP contribution in [0.1, 0.15) is 5.56 Å². The van der Waals surface area contributed by atoms with E-state index >= 15 is 0 Å². The van der Waals surface area contributed by atoms with E-state index in [0.29, 0.717) is 18.9 Å². The molecule has 0 atom stereocenters. The van der Waals surface area contributed by atoms with Gasteiger partial charge in [-0.3, -0.25) is 9.59 Å². The van der Waals surface area contributed by atoms with Gasteiger partial charge in [0.25, 0.3) is 0 Å². The van der Waals surface area contributed by atoms with Gasteiger partial charge in [0, 0.05) is 32.0 Å². The number of thiazole rings is 1. The standard InChI is InChI=1S/C22H25N7O3S/c1-15-5-6-23-19(11-15)27-18-4-2-3-16(26-18)17-12-25-22(33-17)29-9-8-28(21(32)14-29)13-20(31)24-7-10-30/h2-6,11-12,30H,7-10,13-14H2,1H3,(H,24,31)(H,23,26,27). The zero-order valence-corrected chi connectivity index (χ0v) is 19.0. The summed E-state index contributed by atoms with van der Waals surface area (Å²) >= 11 is 1.47. The monoisotopic (exact) mass is 467 g/mol. The van der Waals surface area contributed by atoms with Crippen molar-refractivity contribution < 1.29 is 14.7 Å². The lowest BCUT2D eigenvalue weighted by molar-refractivity contribution is -0.136. The number of aromatic nitrogens is 3. The predicted molar refractivity (Wildman–Crippen MR) is 126 cm³/mol. The number of aryl methyl sites for hydroxylation is 1. The number of rotatable bonds is 8. The van der Waals surface area contributed by atoms with Crippen LogP contribution < -0.4 is 15.5 Å². The number of nitrogens with one attached hydrogen (secondary N) is 2. The van der Waals surface area contributed by atoms with Gasteiger partial charge in [-0.05, 0) is 36.8 Å². The van der Waals surface area contributed by atoms with E-state index in [0.717, 1.165) is 27.1 Å². The number of hydrogen-bond acceptors (Lipinski definition) is 9. The Morgan fingerprint density at radius 2 is 2.09 bits per heavy atom. The number of carbonyl (C=O) groups is 2. The molecule has 11 heteroatoms. The summed E-state index contributed by atoms with van der Waals surface area (Å²) in [6, 6.07) is 9.60. The van der Waals surface area contributed by atoms with Crippen LogP contribution in [0.25, 0.3) is 10.6 Å². The van der Waals surface area contributed by atoms with E-state index in [1.165, 1.54) is 16.2 Å². The number of nitrogens with zero attached hydrogens (tertiary/aromatic N) is 5. The highest BCUT2D eigenvalue weighted by molar-refractivity contribution is 7.18. The predicted octanol–water partition coefficient (Wildman–Crippen LogP) is 1.41. The van der Waals surface area contributed by atoms with E-state index in [2.05, 4.69) is 25.6 Å². The molecule has 3 aromatic rings. The Morgan fingerprint density at radius 1 is 1.21 bits per heavy atom. The molecule has 0 bridgehead atoms. The van der Waals surface area contributed by atoms with Gasteiger partial charge in [0.15, 0.2) is 5.13 Å². The van der Waals surface area contributed by atoms with Crippen LogP contribution in [0.3, 0.4) is 0 Å². The van der Waals surface area contributed by atoms with Crippen molar-refractivity contribution in [1.82, 2.24) is 25.2 Å². The van der Waals surface area contributed by atoms with Crippen LogP contribution in [-0.4, -0.2) is 76.1 Å². The number of anilines is 3. The van der Waals surface area contributed by atoms with E-state index in [4.69, 9.17) is 5.11 Å². The normalized spacial score (nSPS) is 13.8. The van der Waals surface area contributed by atoms with Crippen molar-refractivity contribution in [1.29, 1.82) is 0 Å². The Bertz CT molecular complexity index is 1140. The first-order chi connectivity index (χ1) is 16.0. The molecule has 33 heavy (non-hydrogen) atoms.